The van der Waals surface area contributed by atoms with Gasteiger partial charge in [-0.1, -0.05) is 23.2 Å². The van der Waals surface area contributed by atoms with Gasteiger partial charge in [0.1, 0.15) is 6.10 Å². The summed E-state index contributed by atoms with van der Waals surface area (Å²) in [6, 6.07) is 5.83. The first-order valence-electron chi connectivity index (χ1n) is 10.6. The summed E-state index contributed by atoms with van der Waals surface area (Å²) in [5.41, 5.74) is 1.66. The number of hydrogen-bond donors (Lipinski definition) is 1. The largest absolute Gasteiger partial charge is 0.493 e. The number of methoxy groups -OCH3 is 1. The van der Waals surface area contributed by atoms with Gasteiger partial charge in [0.25, 0.3) is 5.56 Å². The van der Waals surface area contributed by atoms with Gasteiger partial charge in [0.05, 0.1) is 34.0 Å². The van der Waals surface area contributed by atoms with Crippen LogP contribution in [0.4, 0.5) is 11.4 Å². The molecule has 3 heterocycles. The minimum atomic E-state index is -0.138. The van der Waals surface area contributed by atoms with Crippen LogP contribution in [0.15, 0.2) is 35.4 Å². The molecule has 1 N–H and O–H groups in total. The number of nitrogens with one attached hydrogen (secondary N) is 1. The summed E-state index contributed by atoms with van der Waals surface area (Å²) in [6.07, 6.45) is 6.10. The lowest BCUT2D eigenvalue weighted by Gasteiger charge is -2.28. The van der Waals surface area contributed by atoms with E-state index in [-0.39, 0.29) is 11.7 Å². The molecule has 1 aliphatic heterocycles. The fraction of sp³-hybridized carbons (Fsp3) is 0.391. The maximum atomic E-state index is 13.3. The Bertz CT molecular complexity index is 1230. The summed E-state index contributed by atoms with van der Waals surface area (Å²) in [6.45, 7) is 1.32. The van der Waals surface area contributed by atoms with Crippen LogP contribution >= 0.6 is 23.2 Å². The lowest BCUT2D eigenvalue weighted by molar-refractivity contribution is 0.173. The molecule has 2 aromatic heterocycles. The topological polar surface area (TPSA) is 68.6 Å². The van der Waals surface area contributed by atoms with Crippen molar-refractivity contribution in [1.29, 1.82) is 0 Å². The Hall–Kier alpha value is -2.48. The van der Waals surface area contributed by atoms with E-state index >= 15 is 0 Å². The van der Waals surface area contributed by atoms with Gasteiger partial charge in [-0.05, 0) is 38.4 Å². The summed E-state index contributed by atoms with van der Waals surface area (Å²) in [7, 11) is 3.74. The quantitative estimate of drug-likeness (QED) is 0.593. The van der Waals surface area contributed by atoms with Crippen molar-refractivity contribution < 1.29 is 9.47 Å². The summed E-state index contributed by atoms with van der Waals surface area (Å²) >= 11 is 12.6. The second kappa shape index (κ2) is 8.46. The Labute approximate surface area is 195 Å². The first-order valence-corrected chi connectivity index (χ1v) is 11.4. The lowest BCUT2D eigenvalue weighted by Crippen LogP contribution is -2.36. The van der Waals surface area contributed by atoms with E-state index in [1.807, 2.05) is 12.1 Å². The van der Waals surface area contributed by atoms with Gasteiger partial charge >= 0.3 is 0 Å². The Kier molecular flexibility index (Phi) is 5.65. The van der Waals surface area contributed by atoms with Gasteiger partial charge in [0, 0.05) is 43.0 Å². The number of benzene rings is 1. The van der Waals surface area contributed by atoms with Crippen molar-refractivity contribution in [1.82, 2.24) is 14.5 Å². The highest BCUT2D eigenvalue weighted by atomic mass is 35.5. The highest BCUT2D eigenvalue weighted by molar-refractivity contribution is 6.39. The predicted molar refractivity (Wildman–Crippen MR) is 127 cm³/mol. The Morgan fingerprint density at radius 1 is 1.19 bits per heavy atom. The van der Waals surface area contributed by atoms with E-state index in [1.54, 1.807) is 17.7 Å². The van der Waals surface area contributed by atoms with E-state index < -0.39 is 0 Å². The zero-order valence-electron chi connectivity index (χ0n) is 17.9. The number of halogens is 2. The molecule has 0 saturated heterocycles. The van der Waals surface area contributed by atoms with Crippen LogP contribution in [0.3, 0.4) is 0 Å². The molecule has 168 valence electrons. The third-order valence-corrected chi connectivity index (χ3v) is 7.04. The van der Waals surface area contributed by atoms with Gasteiger partial charge < -0.3 is 24.3 Å². The van der Waals surface area contributed by atoms with Gasteiger partial charge in [-0.25, -0.2) is 0 Å². The summed E-state index contributed by atoms with van der Waals surface area (Å²) < 4.78 is 13.9. The molecular formula is C23H24Cl2N4O3. The van der Waals surface area contributed by atoms with Crippen LogP contribution in [-0.2, 0) is 6.54 Å². The molecule has 9 heteroatoms. The van der Waals surface area contributed by atoms with E-state index in [0.29, 0.717) is 51.0 Å². The van der Waals surface area contributed by atoms with Crippen LogP contribution < -0.4 is 20.3 Å². The van der Waals surface area contributed by atoms with Gasteiger partial charge in [0.2, 0.25) is 0 Å². The maximum absolute atomic E-state index is 13.3. The molecule has 1 aromatic carbocycles. The van der Waals surface area contributed by atoms with Crippen LogP contribution in [0.5, 0.6) is 11.5 Å². The third-order valence-electron chi connectivity index (χ3n) is 6.46. The fourth-order valence-corrected chi connectivity index (χ4v) is 5.18. The van der Waals surface area contributed by atoms with Crippen molar-refractivity contribution >= 4 is 45.5 Å². The number of aromatic nitrogens is 2. The molecule has 2 atom stereocenters. The lowest BCUT2D eigenvalue weighted by atomic mass is 10.1. The number of fused-ring (bicyclic) bond motifs is 2. The highest BCUT2D eigenvalue weighted by Gasteiger charge is 2.32. The number of rotatable bonds is 3. The minimum absolute atomic E-state index is 0.0734. The second-order valence-corrected chi connectivity index (χ2v) is 9.15. The molecule has 1 aliphatic carbocycles. The molecule has 1 fully saturated rings. The monoisotopic (exact) mass is 474 g/mol. The SMILES string of the molecule is COc1ccc2c(Nc3c(Cl)cncc3Cl)cc(=O)n3c2c1OC1CCC(C1)N(C)CC3. The van der Waals surface area contributed by atoms with Crippen molar-refractivity contribution in [2.45, 2.75) is 38.0 Å². The van der Waals surface area contributed by atoms with Crippen LogP contribution in [-0.4, -0.2) is 47.3 Å². The highest BCUT2D eigenvalue weighted by Crippen LogP contribution is 2.42. The molecule has 2 aliphatic rings. The van der Waals surface area contributed by atoms with Crippen LogP contribution in [0, 0.1) is 0 Å². The van der Waals surface area contributed by atoms with Crippen molar-refractivity contribution in [3.8, 4) is 11.5 Å². The second-order valence-electron chi connectivity index (χ2n) is 8.33. The smallest absolute Gasteiger partial charge is 0.253 e. The predicted octanol–water partition coefficient (Wildman–Crippen LogP) is 4.70. The molecule has 0 radical (unpaired) electrons. The standard InChI is InChI=1S/C23H24Cl2N4O3/c1-28-7-8-29-20(30)10-18(27-21-16(24)11-26-12-17(21)25)15-5-6-19(31-2)23(22(15)29)32-14-4-3-13(28)9-14/h5-6,10-14H,3-4,7-9H2,1-2H3,(H,26,27). The molecule has 0 amide bonds. The number of ether oxygens (including phenoxy) is 2. The van der Waals surface area contributed by atoms with E-state index in [4.69, 9.17) is 32.7 Å². The normalized spacial score (nSPS) is 20.8. The Balaban J connectivity index is 1.74. The molecule has 32 heavy (non-hydrogen) atoms. The molecule has 2 unspecified atom stereocenters. The first-order chi connectivity index (χ1) is 15.5. The van der Waals surface area contributed by atoms with E-state index in [9.17, 15) is 4.79 Å². The number of likely N-dealkylation sites (N-methyl/N-ethyl adjacent to an activating group) is 1. The van der Waals surface area contributed by atoms with E-state index in [1.165, 1.54) is 12.4 Å². The van der Waals surface area contributed by atoms with Crippen LogP contribution in [0.2, 0.25) is 10.0 Å². The molecule has 5 rings (SSSR count). The zero-order valence-corrected chi connectivity index (χ0v) is 19.4. The van der Waals surface area contributed by atoms with E-state index in [2.05, 4.69) is 22.2 Å². The Morgan fingerprint density at radius 3 is 2.72 bits per heavy atom. The number of anilines is 2. The van der Waals surface area contributed by atoms with Crippen molar-refractivity contribution in [3.05, 3.63) is 51.0 Å². The number of nitrogens with zero attached hydrogens (tertiary/aromatic N) is 3. The molecular weight excluding hydrogens is 451 g/mol. The molecule has 7 nitrogen and oxygen atoms in total. The minimum Gasteiger partial charge on any atom is -0.493 e. The summed E-state index contributed by atoms with van der Waals surface area (Å²) in [5, 5.41) is 4.80. The van der Waals surface area contributed by atoms with Gasteiger partial charge in [-0.2, -0.15) is 0 Å². The average Bonchev–Trinajstić information content (AvgIpc) is 3.23. The van der Waals surface area contributed by atoms with Gasteiger partial charge in [-0.3, -0.25) is 9.78 Å². The van der Waals surface area contributed by atoms with Gasteiger partial charge in [0.15, 0.2) is 11.5 Å². The van der Waals surface area contributed by atoms with Crippen molar-refractivity contribution in [2.24, 2.45) is 0 Å². The maximum Gasteiger partial charge on any atom is 0.253 e. The van der Waals surface area contributed by atoms with Crippen LogP contribution in [0.25, 0.3) is 10.9 Å². The first kappa shape index (κ1) is 21.4. The summed E-state index contributed by atoms with van der Waals surface area (Å²) in [4.78, 5) is 19.6. The number of hydrogen-bond acceptors (Lipinski definition) is 6. The molecule has 2 bridgehead atoms. The molecule has 3 aromatic rings. The Morgan fingerprint density at radius 2 is 1.97 bits per heavy atom. The average molecular weight is 475 g/mol. The van der Waals surface area contributed by atoms with E-state index in [0.717, 1.165) is 31.2 Å². The number of pyridine rings is 2. The van der Waals surface area contributed by atoms with Crippen LogP contribution in [0.1, 0.15) is 19.3 Å². The molecule has 0 spiro atoms. The van der Waals surface area contributed by atoms with Gasteiger partial charge in [-0.15, -0.1) is 0 Å². The fourth-order valence-electron chi connectivity index (χ4n) is 4.72. The van der Waals surface area contributed by atoms with Crippen molar-refractivity contribution in [2.75, 3.05) is 26.0 Å². The van der Waals surface area contributed by atoms with Crippen molar-refractivity contribution in [3.63, 3.8) is 0 Å². The zero-order chi connectivity index (χ0) is 22.4. The molecule has 1 saturated carbocycles. The summed E-state index contributed by atoms with van der Waals surface area (Å²) in [5.74, 6) is 1.22. The third kappa shape index (κ3) is 3.68.